The van der Waals surface area contributed by atoms with Gasteiger partial charge < -0.3 is 30.7 Å². The maximum atomic E-state index is 11.9. The summed E-state index contributed by atoms with van der Waals surface area (Å²) in [7, 11) is 0. The molecule has 55 heavy (non-hydrogen) atoms. The molecule has 2 aromatic carbocycles. The molecule has 0 saturated carbocycles. The fourth-order valence-electron chi connectivity index (χ4n) is 6.25. The average molecular weight is 1030 g/mol. The van der Waals surface area contributed by atoms with Crippen LogP contribution < -0.4 is 42.1 Å². The zero-order chi connectivity index (χ0) is 37.6. The van der Waals surface area contributed by atoms with E-state index in [1.54, 1.807) is 24.5 Å². The molecule has 292 valence electrons. The number of H-pyrrole nitrogens is 2. The van der Waals surface area contributed by atoms with E-state index in [2.05, 4.69) is 127 Å². The molecule has 6 heterocycles. The van der Waals surface area contributed by atoms with Crippen molar-refractivity contribution in [3.63, 3.8) is 0 Å². The van der Waals surface area contributed by atoms with Gasteiger partial charge in [0.05, 0.1) is 34.6 Å². The van der Waals surface area contributed by atoms with Crippen molar-refractivity contribution in [2.45, 2.75) is 37.8 Å². The van der Waals surface area contributed by atoms with E-state index in [0.29, 0.717) is 49.5 Å². The Morgan fingerprint density at radius 2 is 1.11 bits per heavy atom. The third kappa shape index (κ3) is 10.1. The number of benzene rings is 2. The van der Waals surface area contributed by atoms with Crippen LogP contribution in [-0.2, 0) is 0 Å². The topological polar surface area (TPSA) is 193 Å². The van der Waals surface area contributed by atoms with Crippen molar-refractivity contribution in [1.82, 2.24) is 49.8 Å². The van der Waals surface area contributed by atoms with Crippen LogP contribution in [0.5, 0.6) is 11.5 Å². The Hall–Kier alpha value is -3.53. The van der Waals surface area contributed by atoms with Gasteiger partial charge in [-0.25, -0.2) is 9.59 Å². The molecule has 16 nitrogen and oxygen atoms in total. The summed E-state index contributed by atoms with van der Waals surface area (Å²) in [6, 6.07) is 12.1. The Bertz CT molecular complexity index is 2210. The molecule has 0 aliphatic carbocycles. The highest BCUT2D eigenvalue weighted by Gasteiger charge is 2.25. The summed E-state index contributed by atoms with van der Waals surface area (Å²) in [5.41, 5.74) is 2.75. The highest BCUT2D eigenvalue weighted by molar-refractivity contribution is 9.11. The van der Waals surface area contributed by atoms with Gasteiger partial charge in [-0.1, -0.05) is 31.9 Å². The Balaban J connectivity index is 0.000000184. The molecule has 0 unspecified atom stereocenters. The lowest BCUT2D eigenvalue weighted by Gasteiger charge is -2.28. The van der Waals surface area contributed by atoms with Gasteiger partial charge >= 0.3 is 11.4 Å². The van der Waals surface area contributed by atoms with Crippen LogP contribution >= 0.6 is 76.1 Å². The van der Waals surface area contributed by atoms with Crippen LogP contribution in [0.4, 0.5) is 11.9 Å². The minimum atomic E-state index is -0.305. The predicted octanol–water partition coefficient (Wildman–Crippen LogP) is 6.14. The first kappa shape index (κ1) is 41.1. The summed E-state index contributed by atoms with van der Waals surface area (Å²) in [6.07, 6.45) is 6.72. The molecular weight excluding hydrogens is 996 g/mol. The molecule has 6 N–H and O–H groups in total. The molecule has 4 aromatic heterocycles. The van der Waals surface area contributed by atoms with E-state index >= 15 is 0 Å². The summed E-state index contributed by atoms with van der Waals surface area (Å²) in [6.45, 7) is 4.44. The van der Waals surface area contributed by atoms with Crippen LogP contribution in [0.3, 0.4) is 0 Å². The first-order valence-corrected chi connectivity index (χ1v) is 20.5. The summed E-state index contributed by atoms with van der Waals surface area (Å²) in [5, 5.41) is 21.3. The van der Waals surface area contributed by atoms with Gasteiger partial charge in [0.2, 0.25) is 11.9 Å². The van der Waals surface area contributed by atoms with Gasteiger partial charge in [-0.3, -0.25) is 9.97 Å². The molecule has 0 bridgehead atoms. The van der Waals surface area contributed by atoms with Crippen molar-refractivity contribution in [3.8, 4) is 11.5 Å². The molecule has 0 amide bonds. The van der Waals surface area contributed by atoms with E-state index in [1.807, 2.05) is 12.1 Å². The number of rotatable bonds is 12. The molecule has 0 spiro atoms. The number of ether oxygens (including phenoxy) is 2. The molecule has 0 saturated heterocycles. The van der Waals surface area contributed by atoms with Gasteiger partial charge in [0.15, 0.2) is 11.3 Å². The molecule has 2 aliphatic heterocycles. The Labute approximate surface area is 354 Å². The highest BCUT2D eigenvalue weighted by atomic mass is 79.9. The Morgan fingerprint density at radius 1 is 0.673 bits per heavy atom. The molecule has 2 atom stereocenters. The first-order chi connectivity index (χ1) is 26.2. The number of aromatic nitrogens is 8. The third-order valence-corrected chi connectivity index (χ3v) is 10.8. The second-order valence-electron chi connectivity index (χ2n) is 12.4. The van der Waals surface area contributed by atoms with Gasteiger partial charge in [-0.2, -0.15) is 29.2 Å². The van der Waals surface area contributed by atoms with E-state index < -0.39 is 0 Å². The fraction of sp³-hybridized carbons (Fsp3) is 0.353. The smallest absolute Gasteiger partial charge is 0.350 e. The molecule has 0 radical (unpaired) electrons. The molecule has 2 aliphatic rings. The maximum Gasteiger partial charge on any atom is 0.350 e. The molecule has 0 fully saturated rings. The van der Waals surface area contributed by atoms with Crippen molar-refractivity contribution in [2.24, 2.45) is 0 Å². The largest absolute Gasteiger partial charge is 0.492 e. The molecule has 21 heteroatoms. The number of aromatic amines is 2. The Kier molecular flexibility index (Phi) is 14.3. The molecular formula is C34H37Br4ClN12O4. The lowest BCUT2D eigenvalue weighted by molar-refractivity contribution is 0.251. The standard InChI is InChI=1S/2C17H18Br2N6O2.ClH/c2*18-10-8-11-13(3-7-27-15(11)12(19)9-10)20-4-1-5-21-16-23-14-2-6-22-25(14)17(26)24-16;/h2*2,6,8-9,13,20H,1,3-5,7H2,(H2,21,23,24,26);1H/t2*13-;/m11./s1. The first-order valence-electron chi connectivity index (χ1n) is 17.3. The van der Waals surface area contributed by atoms with Crippen molar-refractivity contribution in [1.29, 1.82) is 0 Å². The SMILES string of the molecule is Cl.O=c1[nH]c(NCCCN[C@@H]2CCOc3c(Br)cc(Br)cc32)nc2ccnn12.O=c1[nH]c(NCCCN[C@@H]2CCOc3c(Br)cc(Br)cc32)nc2ccnn12. The quantitative estimate of drug-likeness (QED) is 0.0770. The fourth-order valence-corrected chi connectivity index (χ4v) is 9.00. The van der Waals surface area contributed by atoms with Crippen molar-refractivity contribution < 1.29 is 9.47 Å². The van der Waals surface area contributed by atoms with Crippen LogP contribution in [0.15, 0.2) is 76.3 Å². The normalized spacial score (nSPS) is 15.9. The summed E-state index contributed by atoms with van der Waals surface area (Å²) < 4.78 is 18.0. The van der Waals surface area contributed by atoms with Crippen LogP contribution in [0.25, 0.3) is 11.3 Å². The second kappa shape index (κ2) is 19.1. The summed E-state index contributed by atoms with van der Waals surface area (Å²) in [4.78, 5) is 37.7. The van der Waals surface area contributed by atoms with Crippen LogP contribution in [-0.4, -0.2) is 78.6 Å². The lowest BCUT2D eigenvalue weighted by Crippen LogP contribution is -2.29. The van der Waals surface area contributed by atoms with Crippen LogP contribution in [0, 0.1) is 0 Å². The van der Waals surface area contributed by atoms with Gasteiger partial charge in [-0.15, -0.1) is 12.4 Å². The van der Waals surface area contributed by atoms with Gasteiger partial charge in [0.1, 0.15) is 11.5 Å². The van der Waals surface area contributed by atoms with E-state index in [9.17, 15) is 9.59 Å². The number of fused-ring (bicyclic) bond motifs is 4. The minimum absolute atomic E-state index is 0. The number of anilines is 2. The van der Waals surface area contributed by atoms with E-state index in [0.717, 1.165) is 79.3 Å². The van der Waals surface area contributed by atoms with E-state index in [1.165, 1.54) is 9.03 Å². The second-order valence-corrected chi connectivity index (χ2v) is 16.0. The maximum absolute atomic E-state index is 11.9. The zero-order valence-corrected chi connectivity index (χ0v) is 36.2. The van der Waals surface area contributed by atoms with E-state index in [-0.39, 0.29) is 35.9 Å². The number of nitrogens with zero attached hydrogens (tertiary/aromatic N) is 6. The monoisotopic (exact) mass is 1030 g/mol. The van der Waals surface area contributed by atoms with Crippen LogP contribution in [0.2, 0.25) is 0 Å². The van der Waals surface area contributed by atoms with Crippen molar-refractivity contribution >= 4 is 99.3 Å². The molecule has 8 rings (SSSR count). The molecule has 6 aromatic rings. The zero-order valence-electron chi connectivity index (χ0n) is 29.1. The predicted molar refractivity (Wildman–Crippen MR) is 226 cm³/mol. The number of hydrogen-bond donors (Lipinski definition) is 6. The number of halogens is 5. The van der Waals surface area contributed by atoms with Crippen molar-refractivity contribution in [2.75, 3.05) is 50.0 Å². The number of nitrogens with one attached hydrogen (secondary N) is 6. The lowest BCUT2D eigenvalue weighted by atomic mass is 10.0. The minimum Gasteiger partial charge on any atom is -0.492 e. The third-order valence-electron chi connectivity index (χ3n) is 8.74. The van der Waals surface area contributed by atoms with Gasteiger partial charge in [0.25, 0.3) is 0 Å². The number of hydrogen-bond acceptors (Lipinski definition) is 12. The van der Waals surface area contributed by atoms with Gasteiger partial charge in [0, 0.05) is 70.2 Å². The Morgan fingerprint density at radius 3 is 1.55 bits per heavy atom. The highest BCUT2D eigenvalue weighted by Crippen LogP contribution is 2.41. The van der Waals surface area contributed by atoms with Crippen molar-refractivity contribution in [3.05, 3.63) is 98.8 Å². The van der Waals surface area contributed by atoms with Gasteiger partial charge in [-0.05, 0) is 82.1 Å². The summed E-state index contributed by atoms with van der Waals surface area (Å²) in [5.74, 6) is 2.74. The van der Waals surface area contributed by atoms with E-state index in [4.69, 9.17) is 9.47 Å². The van der Waals surface area contributed by atoms with Crippen LogP contribution in [0.1, 0.15) is 48.9 Å². The average Bonchev–Trinajstić information content (AvgIpc) is 3.83. The summed E-state index contributed by atoms with van der Waals surface area (Å²) >= 11 is 14.2.